The standard InChI is InChI=1S/C10H13ClN2O/c1-3-10(14)13-9-5-7(11)6(2)4-8(9)12/h4-5H,3,12H2,1-2H3,(H,13,14). The second-order valence-electron chi connectivity index (χ2n) is 3.09. The van der Waals surface area contributed by atoms with Crippen molar-refractivity contribution in [2.24, 2.45) is 0 Å². The molecule has 0 atom stereocenters. The van der Waals surface area contributed by atoms with Crippen LogP contribution >= 0.6 is 11.6 Å². The molecule has 0 aliphatic carbocycles. The number of hydrogen-bond acceptors (Lipinski definition) is 2. The number of nitrogens with two attached hydrogens (primary N) is 1. The first-order chi connectivity index (χ1) is 6.54. The molecule has 1 aromatic carbocycles. The van der Waals surface area contributed by atoms with Gasteiger partial charge in [0.2, 0.25) is 5.91 Å². The number of nitrogen functional groups attached to an aromatic ring is 1. The van der Waals surface area contributed by atoms with E-state index in [1.165, 1.54) is 0 Å². The minimum atomic E-state index is -0.0726. The van der Waals surface area contributed by atoms with Crippen molar-refractivity contribution in [1.82, 2.24) is 0 Å². The zero-order valence-electron chi connectivity index (χ0n) is 8.23. The number of rotatable bonds is 2. The number of anilines is 2. The summed E-state index contributed by atoms with van der Waals surface area (Å²) in [4.78, 5) is 11.1. The van der Waals surface area contributed by atoms with Gasteiger partial charge in [0.25, 0.3) is 0 Å². The molecule has 0 saturated heterocycles. The zero-order chi connectivity index (χ0) is 10.7. The Labute approximate surface area is 88.2 Å². The topological polar surface area (TPSA) is 55.1 Å². The van der Waals surface area contributed by atoms with Crippen LogP contribution in [0.2, 0.25) is 5.02 Å². The summed E-state index contributed by atoms with van der Waals surface area (Å²) >= 11 is 5.91. The second-order valence-corrected chi connectivity index (χ2v) is 3.50. The third-order valence-electron chi connectivity index (χ3n) is 1.93. The van der Waals surface area contributed by atoms with E-state index in [4.69, 9.17) is 17.3 Å². The normalized spacial score (nSPS) is 9.93. The molecule has 0 aliphatic heterocycles. The Balaban J connectivity index is 2.98. The van der Waals surface area contributed by atoms with Crippen LogP contribution in [0.1, 0.15) is 18.9 Å². The average Bonchev–Trinajstić information content (AvgIpc) is 2.14. The molecular weight excluding hydrogens is 200 g/mol. The number of halogens is 1. The number of amides is 1. The summed E-state index contributed by atoms with van der Waals surface area (Å²) in [6.45, 7) is 3.64. The van der Waals surface area contributed by atoms with Gasteiger partial charge in [-0.2, -0.15) is 0 Å². The van der Waals surface area contributed by atoms with Crippen LogP contribution in [0.5, 0.6) is 0 Å². The molecule has 0 radical (unpaired) electrons. The lowest BCUT2D eigenvalue weighted by Crippen LogP contribution is -2.11. The molecule has 0 spiro atoms. The van der Waals surface area contributed by atoms with Gasteiger partial charge in [-0.1, -0.05) is 18.5 Å². The van der Waals surface area contributed by atoms with E-state index in [1.807, 2.05) is 6.92 Å². The Kier molecular flexibility index (Phi) is 3.36. The summed E-state index contributed by atoms with van der Waals surface area (Å²) in [5, 5.41) is 3.28. The summed E-state index contributed by atoms with van der Waals surface area (Å²) in [6, 6.07) is 3.41. The number of aryl methyl sites for hydroxylation is 1. The van der Waals surface area contributed by atoms with Crippen LogP contribution in [0.4, 0.5) is 11.4 Å². The van der Waals surface area contributed by atoms with Crippen molar-refractivity contribution < 1.29 is 4.79 Å². The maximum atomic E-state index is 11.1. The van der Waals surface area contributed by atoms with E-state index in [0.717, 1.165) is 5.56 Å². The summed E-state index contributed by atoms with van der Waals surface area (Å²) in [5.41, 5.74) is 7.73. The van der Waals surface area contributed by atoms with Crippen molar-refractivity contribution in [2.45, 2.75) is 20.3 Å². The fraction of sp³-hybridized carbons (Fsp3) is 0.300. The molecule has 14 heavy (non-hydrogen) atoms. The number of carbonyl (C=O) groups excluding carboxylic acids is 1. The number of nitrogens with one attached hydrogen (secondary N) is 1. The van der Waals surface area contributed by atoms with Gasteiger partial charge in [0.1, 0.15) is 0 Å². The van der Waals surface area contributed by atoms with E-state index in [9.17, 15) is 4.79 Å². The van der Waals surface area contributed by atoms with Crippen LogP contribution in [0, 0.1) is 6.92 Å². The highest BCUT2D eigenvalue weighted by molar-refractivity contribution is 6.31. The van der Waals surface area contributed by atoms with Gasteiger partial charge in [-0.05, 0) is 24.6 Å². The monoisotopic (exact) mass is 212 g/mol. The Morgan fingerprint density at radius 3 is 2.79 bits per heavy atom. The lowest BCUT2D eigenvalue weighted by molar-refractivity contribution is -0.115. The SMILES string of the molecule is CCC(=O)Nc1cc(Cl)c(C)cc1N. The lowest BCUT2D eigenvalue weighted by atomic mass is 10.2. The van der Waals surface area contributed by atoms with Gasteiger partial charge < -0.3 is 11.1 Å². The molecule has 0 aromatic heterocycles. The largest absolute Gasteiger partial charge is 0.397 e. The maximum Gasteiger partial charge on any atom is 0.224 e. The molecule has 4 heteroatoms. The summed E-state index contributed by atoms with van der Waals surface area (Å²) in [6.07, 6.45) is 0.422. The molecule has 0 aliphatic rings. The van der Waals surface area contributed by atoms with Gasteiger partial charge in [0.15, 0.2) is 0 Å². The van der Waals surface area contributed by atoms with Crippen molar-refractivity contribution in [1.29, 1.82) is 0 Å². The van der Waals surface area contributed by atoms with Crippen molar-refractivity contribution in [3.05, 3.63) is 22.7 Å². The van der Waals surface area contributed by atoms with Crippen LogP contribution in [0.3, 0.4) is 0 Å². The molecule has 1 aromatic rings. The maximum absolute atomic E-state index is 11.1. The fourth-order valence-corrected chi connectivity index (χ4v) is 1.21. The van der Waals surface area contributed by atoms with Crippen molar-refractivity contribution in [3.8, 4) is 0 Å². The Hall–Kier alpha value is -1.22. The van der Waals surface area contributed by atoms with E-state index in [-0.39, 0.29) is 5.91 Å². The molecule has 0 saturated carbocycles. The second kappa shape index (κ2) is 4.33. The van der Waals surface area contributed by atoms with E-state index in [1.54, 1.807) is 19.1 Å². The lowest BCUT2D eigenvalue weighted by Gasteiger charge is -2.09. The first kappa shape index (κ1) is 10.9. The first-order valence-electron chi connectivity index (χ1n) is 4.40. The number of carbonyl (C=O) groups is 1. The van der Waals surface area contributed by atoms with Crippen molar-refractivity contribution in [2.75, 3.05) is 11.1 Å². The van der Waals surface area contributed by atoms with Crippen LogP contribution < -0.4 is 11.1 Å². The van der Waals surface area contributed by atoms with E-state index >= 15 is 0 Å². The van der Waals surface area contributed by atoms with Gasteiger partial charge in [0.05, 0.1) is 11.4 Å². The van der Waals surface area contributed by atoms with Crippen LogP contribution in [-0.4, -0.2) is 5.91 Å². The average molecular weight is 213 g/mol. The highest BCUT2D eigenvalue weighted by atomic mass is 35.5. The highest BCUT2D eigenvalue weighted by Gasteiger charge is 2.05. The molecule has 76 valence electrons. The number of benzene rings is 1. The Morgan fingerprint density at radius 1 is 1.57 bits per heavy atom. The minimum Gasteiger partial charge on any atom is -0.397 e. The molecule has 1 amide bonds. The molecular formula is C10H13ClN2O. The molecule has 0 fully saturated rings. The summed E-state index contributed by atoms with van der Waals surface area (Å²) < 4.78 is 0. The smallest absolute Gasteiger partial charge is 0.224 e. The molecule has 0 heterocycles. The minimum absolute atomic E-state index is 0.0726. The summed E-state index contributed by atoms with van der Waals surface area (Å²) in [5.74, 6) is -0.0726. The molecule has 1 rings (SSSR count). The molecule has 0 bridgehead atoms. The number of hydrogen-bond donors (Lipinski definition) is 2. The van der Waals surface area contributed by atoms with Gasteiger partial charge >= 0.3 is 0 Å². The van der Waals surface area contributed by atoms with Gasteiger partial charge in [-0.15, -0.1) is 0 Å². The van der Waals surface area contributed by atoms with Gasteiger partial charge in [-0.3, -0.25) is 4.79 Å². The first-order valence-corrected chi connectivity index (χ1v) is 4.78. The fourth-order valence-electron chi connectivity index (χ4n) is 1.05. The Morgan fingerprint density at radius 2 is 2.21 bits per heavy atom. The third kappa shape index (κ3) is 2.39. The quantitative estimate of drug-likeness (QED) is 0.741. The van der Waals surface area contributed by atoms with E-state index < -0.39 is 0 Å². The predicted octanol–water partition coefficient (Wildman–Crippen LogP) is 2.58. The van der Waals surface area contributed by atoms with Gasteiger partial charge in [0, 0.05) is 11.4 Å². The summed E-state index contributed by atoms with van der Waals surface area (Å²) in [7, 11) is 0. The molecule has 0 unspecified atom stereocenters. The predicted molar refractivity (Wildman–Crippen MR) is 59.5 cm³/mol. The van der Waals surface area contributed by atoms with Crippen molar-refractivity contribution >= 4 is 28.9 Å². The van der Waals surface area contributed by atoms with Crippen LogP contribution in [0.25, 0.3) is 0 Å². The molecule has 3 N–H and O–H groups in total. The van der Waals surface area contributed by atoms with Gasteiger partial charge in [-0.25, -0.2) is 0 Å². The highest BCUT2D eigenvalue weighted by Crippen LogP contribution is 2.26. The van der Waals surface area contributed by atoms with E-state index in [0.29, 0.717) is 22.8 Å². The Bertz CT molecular complexity index is 363. The van der Waals surface area contributed by atoms with Crippen LogP contribution in [-0.2, 0) is 4.79 Å². The van der Waals surface area contributed by atoms with Crippen molar-refractivity contribution in [3.63, 3.8) is 0 Å². The third-order valence-corrected chi connectivity index (χ3v) is 2.33. The zero-order valence-corrected chi connectivity index (χ0v) is 8.98. The van der Waals surface area contributed by atoms with E-state index in [2.05, 4.69) is 5.32 Å². The van der Waals surface area contributed by atoms with Crippen LogP contribution in [0.15, 0.2) is 12.1 Å². The molecule has 3 nitrogen and oxygen atoms in total.